The minimum atomic E-state index is -0.0240. The lowest BCUT2D eigenvalue weighted by Crippen LogP contribution is -2.32. The second kappa shape index (κ2) is 4.75. The lowest BCUT2D eigenvalue weighted by Gasteiger charge is -2.25. The molecule has 1 saturated heterocycles. The molecule has 1 atom stereocenters. The molecule has 1 aromatic rings. The number of hydrogen-bond acceptors (Lipinski definition) is 4. The molecule has 0 aliphatic carbocycles. The molecule has 0 radical (unpaired) electrons. The van der Waals surface area contributed by atoms with E-state index in [1.165, 1.54) is 6.92 Å². The molecular weight excluding hydrogens is 216 g/mol. The van der Waals surface area contributed by atoms with Crippen molar-refractivity contribution in [3.8, 4) is 0 Å². The third-order valence-electron chi connectivity index (χ3n) is 3.34. The van der Waals surface area contributed by atoms with E-state index in [2.05, 4.69) is 4.90 Å². The third kappa shape index (κ3) is 2.26. The highest BCUT2D eigenvalue weighted by molar-refractivity contribution is 6.00. The Morgan fingerprint density at radius 2 is 2.35 bits per heavy atom. The summed E-state index contributed by atoms with van der Waals surface area (Å²) in [5, 5.41) is 9.30. The van der Waals surface area contributed by atoms with Crippen molar-refractivity contribution >= 4 is 17.2 Å². The molecule has 1 aliphatic heterocycles. The molecule has 0 amide bonds. The van der Waals surface area contributed by atoms with Gasteiger partial charge in [-0.2, -0.15) is 0 Å². The predicted molar refractivity (Wildman–Crippen MR) is 68.3 cm³/mol. The highest BCUT2D eigenvalue weighted by Gasteiger charge is 2.24. The summed E-state index contributed by atoms with van der Waals surface area (Å²) >= 11 is 0. The Morgan fingerprint density at radius 3 is 3.00 bits per heavy atom. The largest absolute Gasteiger partial charge is 0.398 e. The average molecular weight is 234 g/mol. The van der Waals surface area contributed by atoms with E-state index >= 15 is 0 Å². The number of nitrogen functional groups attached to an aromatic ring is 1. The summed E-state index contributed by atoms with van der Waals surface area (Å²) in [6, 6.07) is 5.67. The molecule has 92 valence electrons. The first kappa shape index (κ1) is 11.9. The number of rotatable bonds is 3. The Balaban J connectivity index is 2.33. The molecule has 3 N–H and O–H groups in total. The fraction of sp³-hybridized carbons (Fsp3) is 0.462. The lowest BCUT2D eigenvalue weighted by atomic mass is 10.1. The number of aliphatic hydroxyl groups is 1. The summed E-state index contributed by atoms with van der Waals surface area (Å²) in [5.74, 6) is -0.0240. The molecule has 0 aromatic heterocycles. The molecular formula is C13H18N2O2. The number of anilines is 2. The van der Waals surface area contributed by atoms with Crippen molar-refractivity contribution in [2.24, 2.45) is 0 Å². The van der Waals surface area contributed by atoms with Crippen LogP contribution in [-0.4, -0.2) is 30.1 Å². The number of aliphatic hydroxyl groups excluding tert-OH is 1. The first-order valence-electron chi connectivity index (χ1n) is 5.91. The summed E-state index contributed by atoms with van der Waals surface area (Å²) in [6.07, 6.45) is 2.07. The fourth-order valence-corrected chi connectivity index (χ4v) is 2.39. The molecule has 1 aromatic carbocycles. The number of ketones is 1. The highest BCUT2D eigenvalue weighted by atomic mass is 16.3. The van der Waals surface area contributed by atoms with Gasteiger partial charge in [-0.25, -0.2) is 0 Å². The van der Waals surface area contributed by atoms with Crippen molar-refractivity contribution in [2.45, 2.75) is 25.8 Å². The van der Waals surface area contributed by atoms with Crippen LogP contribution in [0.1, 0.15) is 30.1 Å². The number of nitrogens with zero attached hydrogens (tertiary/aromatic N) is 1. The van der Waals surface area contributed by atoms with Crippen LogP contribution in [0.15, 0.2) is 18.2 Å². The van der Waals surface area contributed by atoms with Gasteiger partial charge in [-0.15, -0.1) is 0 Å². The first-order valence-corrected chi connectivity index (χ1v) is 5.91. The Morgan fingerprint density at radius 1 is 1.59 bits per heavy atom. The molecule has 4 heteroatoms. The summed E-state index contributed by atoms with van der Waals surface area (Å²) in [4.78, 5) is 13.6. The topological polar surface area (TPSA) is 66.6 Å². The number of carbonyl (C=O) groups excluding carboxylic acids is 1. The molecule has 0 saturated carbocycles. The maximum absolute atomic E-state index is 11.4. The van der Waals surface area contributed by atoms with Gasteiger partial charge >= 0.3 is 0 Å². The van der Waals surface area contributed by atoms with E-state index in [0.29, 0.717) is 11.3 Å². The molecule has 0 spiro atoms. The quantitative estimate of drug-likeness (QED) is 0.613. The van der Waals surface area contributed by atoms with E-state index in [1.807, 2.05) is 12.1 Å². The first-order chi connectivity index (χ1) is 8.13. The van der Waals surface area contributed by atoms with Gasteiger partial charge in [-0.1, -0.05) is 0 Å². The van der Waals surface area contributed by atoms with Crippen molar-refractivity contribution in [3.63, 3.8) is 0 Å². The zero-order valence-corrected chi connectivity index (χ0v) is 10.0. The molecule has 1 aliphatic rings. The monoisotopic (exact) mass is 234 g/mol. The second-order valence-corrected chi connectivity index (χ2v) is 4.50. The summed E-state index contributed by atoms with van der Waals surface area (Å²) in [6.45, 7) is 2.59. The number of benzene rings is 1. The van der Waals surface area contributed by atoms with E-state index in [0.717, 1.165) is 25.1 Å². The van der Waals surface area contributed by atoms with Gasteiger partial charge in [0.05, 0.1) is 12.6 Å². The minimum absolute atomic E-state index is 0.0240. The molecule has 1 unspecified atom stereocenters. The van der Waals surface area contributed by atoms with Crippen LogP contribution >= 0.6 is 0 Å². The van der Waals surface area contributed by atoms with E-state index in [-0.39, 0.29) is 18.4 Å². The van der Waals surface area contributed by atoms with Crippen molar-refractivity contribution in [3.05, 3.63) is 23.8 Å². The number of nitrogens with two attached hydrogens (primary N) is 1. The standard InChI is InChI=1S/C13H18N2O2/c1-9(17)12-7-10(4-5-13(12)14)15-6-2-3-11(15)8-16/h4-5,7,11,16H,2-3,6,8,14H2,1H3. The lowest BCUT2D eigenvalue weighted by molar-refractivity contribution is 0.101. The normalized spacial score (nSPS) is 19.6. The Labute approximate surface area is 101 Å². The van der Waals surface area contributed by atoms with Crippen LogP contribution in [0.2, 0.25) is 0 Å². The van der Waals surface area contributed by atoms with Crippen LogP contribution in [0.25, 0.3) is 0 Å². The summed E-state index contributed by atoms with van der Waals surface area (Å²) in [5.41, 5.74) is 7.82. The van der Waals surface area contributed by atoms with Gasteiger partial charge in [-0.05, 0) is 38.0 Å². The van der Waals surface area contributed by atoms with Gasteiger partial charge in [0.25, 0.3) is 0 Å². The van der Waals surface area contributed by atoms with Gasteiger partial charge in [0, 0.05) is 23.5 Å². The molecule has 2 rings (SSSR count). The van der Waals surface area contributed by atoms with Crippen LogP contribution in [-0.2, 0) is 0 Å². The number of Topliss-reactive ketones (excluding diaryl/α,β-unsaturated/α-hetero) is 1. The average Bonchev–Trinajstić information content (AvgIpc) is 2.77. The van der Waals surface area contributed by atoms with Crippen molar-refractivity contribution in [1.82, 2.24) is 0 Å². The van der Waals surface area contributed by atoms with E-state index in [4.69, 9.17) is 5.73 Å². The zero-order chi connectivity index (χ0) is 12.4. The van der Waals surface area contributed by atoms with E-state index < -0.39 is 0 Å². The van der Waals surface area contributed by atoms with Crippen LogP contribution in [0, 0.1) is 0 Å². The predicted octanol–water partition coefficient (Wildman–Crippen LogP) is 1.43. The third-order valence-corrected chi connectivity index (χ3v) is 3.34. The van der Waals surface area contributed by atoms with E-state index in [9.17, 15) is 9.90 Å². The SMILES string of the molecule is CC(=O)c1cc(N2CCCC2CO)ccc1N. The van der Waals surface area contributed by atoms with Crippen LogP contribution < -0.4 is 10.6 Å². The van der Waals surface area contributed by atoms with E-state index in [1.54, 1.807) is 6.07 Å². The molecule has 1 fully saturated rings. The van der Waals surface area contributed by atoms with Crippen molar-refractivity contribution < 1.29 is 9.90 Å². The molecule has 0 bridgehead atoms. The van der Waals surface area contributed by atoms with Gasteiger partial charge in [0.2, 0.25) is 0 Å². The van der Waals surface area contributed by atoms with Crippen LogP contribution in [0.3, 0.4) is 0 Å². The smallest absolute Gasteiger partial charge is 0.161 e. The Bertz CT molecular complexity index is 431. The Hall–Kier alpha value is -1.55. The molecule has 4 nitrogen and oxygen atoms in total. The second-order valence-electron chi connectivity index (χ2n) is 4.50. The number of hydrogen-bond donors (Lipinski definition) is 2. The highest BCUT2D eigenvalue weighted by Crippen LogP contribution is 2.28. The summed E-state index contributed by atoms with van der Waals surface area (Å²) in [7, 11) is 0. The maximum Gasteiger partial charge on any atom is 0.161 e. The van der Waals surface area contributed by atoms with Crippen LogP contribution in [0.4, 0.5) is 11.4 Å². The van der Waals surface area contributed by atoms with Crippen LogP contribution in [0.5, 0.6) is 0 Å². The minimum Gasteiger partial charge on any atom is -0.398 e. The van der Waals surface area contributed by atoms with Gasteiger partial charge < -0.3 is 15.7 Å². The fourth-order valence-electron chi connectivity index (χ4n) is 2.39. The molecule has 17 heavy (non-hydrogen) atoms. The Kier molecular flexibility index (Phi) is 3.33. The van der Waals surface area contributed by atoms with Gasteiger partial charge in [0.1, 0.15) is 0 Å². The summed E-state index contributed by atoms with van der Waals surface area (Å²) < 4.78 is 0. The van der Waals surface area contributed by atoms with Crippen molar-refractivity contribution in [2.75, 3.05) is 23.8 Å². The van der Waals surface area contributed by atoms with Gasteiger partial charge in [-0.3, -0.25) is 4.79 Å². The maximum atomic E-state index is 11.4. The molecule has 1 heterocycles. The zero-order valence-electron chi connectivity index (χ0n) is 10.0. The van der Waals surface area contributed by atoms with Crippen molar-refractivity contribution in [1.29, 1.82) is 0 Å². The number of carbonyl (C=O) groups is 1. The van der Waals surface area contributed by atoms with Gasteiger partial charge in [0.15, 0.2) is 5.78 Å².